The van der Waals surface area contributed by atoms with E-state index in [1.807, 2.05) is 27.0 Å². The molecule has 0 aromatic carbocycles. The SMILES string of the molecule is C=CCn1c(SCC(=O)N(Cc2ccsc2)C2CC2)nnc1-c1ccco1. The normalized spacial score (nSPS) is 13.6. The minimum absolute atomic E-state index is 0.140. The lowest BCUT2D eigenvalue weighted by atomic mass is 10.3. The van der Waals surface area contributed by atoms with Crippen molar-refractivity contribution in [2.75, 3.05) is 5.75 Å². The number of carbonyl (C=O) groups is 1. The second-order valence-corrected chi connectivity index (χ2v) is 8.08. The van der Waals surface area contributed by atoms with Crippen LogP contribution < -0.4 is 0 Å². The van der Waals surface area contributed by atoms with Crippen molar-refractivity contribution in [2.45, 2.75) is 37.1 Å². The number of thiophene rings is 1. The largest absolute Gasteiger partial charge is 0.461 e. The van der Waals surface area contributed by atoms with Gasteiger partial charge in [-0.2, -0.15) is 11.3 Å². The topological polar surface area (TPSA) is 64.2 Å². The molecule has 0 aliphatic heterocycles. The molecule has 1 amide bonds. The molecule has 0 bridgehead atoms. The van der Waals surface area contributed by atoms with E-state index < -0.39 is 0 Å². The van der Waals surface area contributed by atoms with Crippen molar-refractivity contribution in [3.8, 4) is 11.6 Å². The highest BCUT2D eigenvalue weighted by molar-refractivity contribution is 7.99. The van der Waals surface area contributed by atoms with Crippen molar-refractivity contribution in [1.29, 1.82) is 0 Å². The van der Waals surface area contributed by atoms with Crippen LogP contribution in [0.4, 0.5) is 0 Å². The van der Waals surface area contributed by atoms with Gasteiger partial charge in [0.05, 0.1) is 12.0 Å². The zero-order valence-corrected chi connectivity index (χ0v) is 16.4. The second-order valence-electron chi connectivity index (χ2n) is 6.36. The lowest BCUT2D eigenvalue weighted by Crippen LogP contribution is -2.33. The maximum absolute atomic E-state index is 12.8. The van der Waals surface area contributed by atoms with Gasteiger partial charge >= 0.3 is 0 Å². The maximum atomic E-state index is 12.8. The molecule has 0 atom stereocenters. The Kier molecular flexibility index (Phi) is 5.45. The van der Waals surface area contributed by atoms with E-state index in [2.05, 4.69) is 28.2 Å². The van der Waals surface area contributed by atoms with Gasteiger partial charge in [0.15, 0.2) is 10.9 Å². The number of furan rings is 1. The molecule has 6 nitrogen and oxygen atoms in total. The number of thioether (sulfide) groups is 1. The van der Waals surface area contributed by atoms with Gasteiger partial charge < -0.3 is 9.32 Å². The summed E-state index contributed by atoms with van der Waals surface area (Å²) >= 11 is 3.07. The van der Waals surface area contributed by atoms with Crippen LogP contribution in [-0.4, -0.2) is 37.4 Å². The summed E-state index contributed by atoms with van der Waals surface area (Å²) in [7, 11) is 0. The maximum Gasteiger partial charge on any atom is 0.233 e. The summed E-state index contributed by atoms with van der Waals surface area (Å²) in [4.78, 5) is 14.8. The molecule has 0 N–H and O–H groups in total. The molecule has 1 fully saturated rings. The van der Waals surface area contributed by atoms with E-state index in [1.165, 1.54) is 17.3 Å². The fourth-order valence-corrected chi connectivity index (χ4v) is 4.37. The Labute approximate surface area is 165 Å². The predicted molar refractivity (Wildman–Crippen MR) is 107 cm³/mol. The number of carbonyl (C=O) groups excluding carboxylic acids is 1. The lowest BCUT2D eigenvalue weighted by Gasteiger charge is -2.21. The molecule has 140 valence electrons. The quantitative estimate of drug-likeness (QED) is 0.400. The lowest BCUT2D eigenvalue weighted by molar-refractivity contribution is -0.129. The van der Waals surface area contributed by atoms with E-state index in [-0.39, 0.29) is 5.91 Å². The van der Waals surface area contributed by atoms with Crippen LogP contribution in [0.3, 0.4) is 0 Å². The Balaban J connectivity index is 1.46. The van der Waals surface area contributed by atoms with E-state index in [4.69, 9.17) is 4.42 Å². The van der Waals surface area contributed by atoms with Gasteiger partial charge in [-0.25, -0.2) is 0 Å². The smallest absolute Gasteiger partial charge is 0.233 e. The molecule has 1 aliphatic rings. The predicted octanol–water partition coefficient (Wildman–Crippen LogP) is 4.07. The van der Waals surface area contributed by atoms with Crippen molar-refractivity contribution in [3.63, 3.8) is 0 Å². The first-order valence-corrected chi connectivity index (χ1v) is 10.7. The summed E-state index contributed by atoms with van der Waals surface area (Å²) in [5.41, 5.74) is 1.19. The van der Waals surface area contributed by atoms with Crippen molar-refractivity contribution >= 4 is 29.0 Å². The standard InChI is InChI=1S/C19H20N4O2S2/c1-2-8-22-18(16-4-3-9-25-16)20-21-19(22)27-13-17(24)23(15-5-6-15)11-14-7-10-26-12-14/h2-4,7,9-10,12,15H,1,5-6,8,11,13H2. The Morgan fingerprint density at radius 1 is 1.44 bits per heavy atom. The fraction of sp³-hybridized carbons (Fsp3) is 0.316. The van der Waals surface area contributed by atoms with E-state index in [9.17, 15) is 4.79 Å². The van der Waals surface area contributed by atoms with Crippen molar-refractivity contribution in [3.05, 3.63) is 53.4 Å². The molecular formula is C19H20N4O2S2. The van der Waals surface area contributed by atoms with E-state index in [1.54, 1.807) is 23.7 Å². The average Bonchev–Trinajstić information content (AvgIpc) is 3.08. The van der Waals surface area contributed by atoms with Gasteiger partial charge in [0.1, 0.15) is 0 Å². The molecule has 27 heavy (non-hydrogen) atoms. The zero-order valence-electron chi connectivity index (χ0n) is 14.8. The van der Waals surface area contributed by atoms with Crippen LogP contribution in [0.25, 0.3) is 11.6 Å². The van der Waals surface area contributed by atoms with Crippen LogP contribution in [0.2, 0.25) is 0 Å². The van der Waals surface area contributed by atoms with Gasteiger partial charge in [-0.3, -0.25) is 9.36 Å². The Hall–Kier alpha value is -2.32. The number of amides is 1. The molecule has 0 spiro atoms. The number of allylic oxidation sites excluding steroid dienone is 1. The summed E-state index contributed by atoms with van der Waals surface area (Å²) in [5, 5.41) is 13.3. The van der Waals surface area contributed by atoms with Gasteiger partial charge in [0.25, 0.3) is 0 Å². The van der Waals surface area contributed by atoms with Gasteiger partial charge in [-0.1, -0.05) is 17.8 Å². The monoisotopic (exact) mass is 400 g/mol. The zero-order chi connectivity index (χ0) is 18.6. The van der Waals surface area contributed by atoms with Gasteiger partial charge in [0, 0.05) is 19.1 Å². The van der Waals surface area contributed by atoms with Gasteiger partial charge in [-0.15, -0.1) is 16.8 Å². The molecule has 3 aromatic heterocycles. The van der Waals surface area contributed by atoms with Crippen molar-refractivity contribution < 1.29 is 9.21 Å². The number of aromatic nitrogens is 3. The summed E-state index contributed by atoms with van der Waals surface area (Å²) < 4.78 is 7.36. The highest BCUT2D eigenvalue weighted by Gasteiger charge is 2.32. The summed E-state index contributed by atoms with van der Waals surface area (Å²) in [6.45, 7) is 5.05. The highest BCUT2D eigenvalue weighted by Crippen LogP contribution is 2.30. The van der Waals surface area contributed by atoms with E-state index >= 15 is 0 Å². The minimum Gasteiger partial charge on any atom is -0.461 e. The number of hydrogen-bond acceptors (Lipinski definition) is 6. The van der Waals surface area contributed by atoms with E-state index in [0.29, 0.717) is 41.6 Å². The van der Waals surface area contributed by atoms with Gasteiger partial charge in [0.2, 0.25) is 11.7 Å². The third-order valence-corrected chi connectivity index (χ3v) is 6.02. The molecule has 0 radical (unpaired) electrons. The van der Waals surface area contributed by atoms with Crippen LogP contribution in [0.15, 0.2) is 57.5 Å². The van der Waals surface area contributed by atoms with Crippen LogP contribution in [0.1, 0.15) is 18.4 Å². The molecule has 0 saturated heterocycles. The van der Waals surface area contributed by atoms with Crippen molar-refractivity contribution in [1.82, 2.24) is 19.7 Å². The second kappa shape index (κ2) is 8.14. The molecule has 1 saturated carbocycles. The van der Waals surface area contributed by atoms with Gasteiger partial charge in [-0.05, 0) is 47.4 Å². The molecule has 4 rings (SSSR count). The van der Waals surface area contributed by atoms with Crippen LogP contribution in [0.5, 0.6) is 0 Å². The summed E-state index contributed by atoms with van der Waals surface area (Å²) in [6.07, 6.45) is 5.58. The Bertz CT molecular complexity index is 898. The molecule has 3 aromatic rings. The van der Waals surface area contributed by atoms with E-state index in [0.717, 1.165) is 12.8 Å². The highest BCUT2D eigenvalue weighted by atomic mass is 32.2. The number of nitrogens with zero attached hydrogens (tertiary/aromatic N) is 4. The third-order valence-electron chi connectivity index (χ3n) is 4.34. The van der Waals surface area contributed by atoms with Crippen LogP contribution >= 0.6 is 23.1 Å². The molecule has 8 heteroatoms. The molecule has 0 unspecified atom stereocenters. The van der Waals surface area contributed by atoms with Crippen LogP contribution in [0, 0.1) is 0 Å². The first-order chi connectivity index (χ1) is 13.3. The number of hydrogen-bond donors (Lipinski definition) is 0. The molecule has 3 heterocycles. The van der Waals surface area contributed by atoms with Crippen molar-refractivity contribution in [2.24, 2.45) is 0 Å². The first kappa shape index (κ1) is 18.1. The minimum atomic E-state index is 0.140. The average molecular weight is 401 g/mol. The summed E-state index contributed by atoms with van der Waals surface area (Å²) in [5.74, 6) is 1.78. The first-order valence-electron chi connectivity index (χ1n) is 8.77. The Morgan fingerprint density at radius 2 is 2.33 bits per heavy atom. The number of rotatable bonds is 9. The fourth-order valence-electron chi connectivity index (χ4n) is 2.87. The third kappa shape index (κ3) is 4.17. The van der Waals surface area contributed by atoms with Crippen LogP contribution in [-0.2, 0) is 17.9 Å². The molecule has 1 aliphatic carbocycles. The molecular weight excluding hydrogens is 380 g/mol. The Morgan fingerprint density at radius 3 is 3.00 bits per heavy atom. The summed E-state index contributed by atoms with van der Waals surface area (Å²) in [6, 6.07) is 6.12.